The molecule has 1 saturated heterocycles. The summed E-state index contributed by atoms with van der Waals surface area (Å²) < 4.78 is 5.36. The first-order valence-electron chi connectivity index (χ1n) is 6.85. The number of nitrogens with one attached hydrogen (secondary N) is 1. The first-order valence-corrected chi connectivity index (χ1v) is 6.85. The summed E-state index contributed by atoms with van der Waals surface area (Å²) in [7, 11) is 0. The number of carbonyl (C=O) groups is 1. The summed E-state index contributed by atoms with van der Waals surface area (Å²) in [5, 5.41) is 0. The molecule has 3 nitrogen and oxygen atoms in total. The highest BCUT2D eigenvalue weighted by Gasteiger charge is 2.49. The van der Waals surface area contributed by atoms with Gasteiger partial charge in [0.1, 0.15) is 12.0 Å². The fourth-order valence-electron chi connectivity index (χ4n) is 3.47. The average Bonchev–Trinajstić information content (AvgIpc) is 2.66. The van der Waals surface area contributed by atoms with E-state index >= 15 is 0 Å². The van der Waals surface area contributed by atoms with Crippen molar-refractivity contribution in [2.24, 2.45) is 0 Å². The lowest BCUT2D eigenvalue weighted by molar-refractivity contribution is -0.918. The Balaban J connectivity index is 2.09. The number of piperidine rings is 1. The molecule has 1 aromatic rings. The minimum absolute atomic E-state index is 0.0154. The van der Waals surface area contributed by atoms with Crippen molar-refractivity contribution in [3.05, 3.63) is 35.4 Å². The molecule has 0 unspecified atom stereocenters. The van der Waals surface area contributed by atoms with Crippen molar-refractivity contribution in [3.63, 3.8) is 0 Å². The zero-order valence-corrected chi connectivity index (χ0v) is 10.9. The summed E-state index contributed by atoms with van der Waals surface area (Å²) in [6.45, 7) is 5.56. The monoisotopic (exact) mass is 246 g/mol. The van der Waals surface area contributed by atoms with E-state index in [1.54, 1.807) is 4.90 Å². The van der Waals surface area contributed by atoms with E-state index < -0.39 is 0 Å². The van der Waals surface area contributed by atoms with Crippen LogP contribution in [0, 0.1) is 0 Å². The third-order valence-corrected chi connectivity index (χ3v) is 4.45. The summed E-state index contributed by atoms with van der Waals surface area (Å²) in [4.78, 5) is 14.1. The van der Waals surface area contributed by atoms with Gasteiger partial charge in [-0.1, -0.05) is 24.3 Å². The second-order valence-corrected chi connectivity index (χ2v) is 5.39. The Hall–Kier alpha value is -1.35. The number of esters is 1. The number of benzene rings is 1. The van der Waals surface area contributed by atoms with Crippen molar-refractivity contribution in [2.45, 2.75) is 31.7 Å². The van der Waals surface area contributed by atoms with E-state index in [2.05, 4.69) is 18.2 Å². The van der Waals surface area contributed by atoms with Crippen LogP contribution in [0.2, 0.25) is 0 Å². The number of hydrogen-bond acceptors (Lipinski definition) is 2. The van der Waals surface area contributed by atoms with Crippen LogP contribution in [0.1, 0.15) is 30.9 Å². The summed E-state index contributed by atoms with van der Waals surface area (Å²) in [5.74, 6) is -0.0154. The first-order chi connectivity index (χ1) is 8.76. The van der Waals surface area contributed by atoms with Crippen molar-refractivity contribution >= 4 is 5.97 Å². The third kappa shape index (κ3) is 1.65. The van der Waals surface area contributed by atoms with Gasteiger partial charge in [0.2, 0.25) is 0 Å². The van der Waals surface area contributed by atoms with Gasteiger partial charge in [-0.2, -0.15) is 0 Å². The molecular weight excluding hydrogens is 226 g/mol. The van der Waals surface area contributed by atoms with Crippen LogP contribution in [0.25, 0.3) is 0 Å². The summed E-state index contributed by atoms with van der Waals surface area (Å²) in [6, 6.07) is 8.41. The lowest BCUT2D eigenvalue weighted by Crippen LogP contribution is -3.11. The molecule has 1 N–H and O–H groups in total. The van der Waals surface area contributed by atoms with Crippen molar-refractivity contribution in [2.75, 3.05) is 19.7 Å². The average molecular weight is 246 g/mol. The second-order valence-electron chi connectivity index (χ2n) is 5.39. The lowest BCUT2D eigenvalue weighted by Gasteiger charge is -2.34. The van der Waals surface area contributed by atoms with Gasteiger partial charge in [0.25, 0.3) is 0 Å². The van der Waals surface area contributed by atoms with E-state index in [0.717, 1.165) is 32.5 Å². The van der Waals surface area contributed by atoms with Crippen LogP contribution in [-0.4, -0.2) is 25.7 Å². The summed E-state index contributed by atoms with van der Waals surface area (Å²) in [5.41, 5.74) is 2.18. The highest BCUT2D eigenvalue weighted by molar-refractivity contribution is 5.84. The van der Waals surface area contributed by atoms with Gasteiger partial charge in [0, 0.05) is 18.4 Å². The minimum Gasteiger partial charge on any atom is -0.465 e. The Kier molecular flexibility index (Phi) is 2.86. The maximum atomic E-state index is 12.5. The molecule has 0 amide bonds. The van der Waals surface area contributed by atoms with Crippen molar-refractivity contribution in [1.82, 2.24) is 0 Å². The Labute approximate surface area is 108 Å². The van der Waals surface area contributed by atoms with Crippen molar-refractivity contribution < 1.29 is 14.4 Å². The molecule has 2 bridgehead atoms. The maximum absolute atomic E-state index is 12.5. The number of hydrogen-bond donors (Lipinski definition) is 1. The smallest absolute Gasteiger partial charge is 0.317 e. The van der Waals surface area contributed by atoms with Crippen LogP contribution in [-0.2, 0) is 21.5 Å². The molecule has 96 valence electrons. The Morgan fingerprint density at radius 1 is 1.33 bits per heavy atom. The molecule has 3 aliphatic rings. The molecule has 0 aliphatic carbocycles. The van der Waals surface area contributed by atoms with Crippen LogP contribution in [0.4, 0.5) is 0 Å². The fraction of sp³-hybridized carbons (Fsp3) is 0.533. The molecule has 3 heterocycles. The highest BCUT2D eigenvalue weighted by atomic mass is 16.5. The van der Waals surface area contributed by atoms with Gasteiger partial charge in [-0.3, -0.25) is 4.79 Å². The molecule has 0 aromatic heterocycles. The van der Waals surface area contributed by atoms with Crippen LogP contribution < -0.4 is 4.90 Å². The van der Waals surface area contributed by atoms with E-state index in [1.807, 2.05) is 13.0 Å². The predicted octanol–water partition coefficient (Wildman–Crippen LogP) is 0.680. The number of carbonyl (C=O) groups excluding carboxylic acids is 1. The number of rotatable bonds is 2. The molecule has 1 fully saturated rings. The van der Waals surface area contributed by atoms with Gasteiger partial charge >= 0.3 is 5.97 Å². The van der Waals surface area contributed by atoms with Gasteiger partial charge in [-0.15, -0.1) is 0 Å². The van der Waals surface area contributed by atoms with Gasteiger partial charge in [-0.05, 0) is 12.5 Å². The van der Waals surface area contributed by atoms with Crippen molar-refractivity contribution in [3.8, 4) is 0 Å². The molecule has 3 aliphatic heterocycles. The van der Waals surface area contributed by atoms with Crippen LogP contribution in [0.15, 0.2) is 24.3 Å². The zero-order valence-electron chi connectivity index (χ0n) is 10.9. The van der Waals surface area contributed by atoms with Crippen LogP contribution in [0.5, 0.6) is 0 Å². The summed E-state index contributed by atoms with van der Waals surface area (Å²) in [6.07, 6.45) is 1.86. The molecular formula is C15H20NO2+. The zero-order chi connectivity index (χ0) is 12.6. The lowest BCUT2D eigenvalue weighted by atomic mass is 9.73. The van der Waals surface area contributed by atoms with Crippen molar-refractivity contribution in [1.29, 1.82) is 0 Å². The van der Waals surface area contributed by atoms with Gasteiger partial charge in [0.05, 0.1) is 19.7 Å². The second kappa shape index (κ2) is 4.39. The van der Waals surface area contributed by atoms with Gasteiger partial charge in [0.15, 0.2) is 0 Å². The van der Waals surface area contributed by atoms with E-state index in [-0.39, 0.29) is 11.4 Å². The molecule has 1 aromatic carbocycles. The van der Waals surface area contributed by atoms with E-state index in [9.17, 15) is 4.79 Å². The van der Waals surface area contributed by atoms with Crippen LogP contribution in [0.3, 0.4) is 0 Å². The van der Waals surface area contributed by atoms with Gasteiger partial charge < -0.3 is 9.64 Å². The molecule has 0 radical (unpaired) electrons. The third-order valence-electron chi connectivity index (χ3n) is 4.45. The number of ether oxygens (including phenoxy) is 1. The Morgan fingerprint density at radius 2 is 2.06 bits per heavy atom. The Morgan fingerprint density at radius 3 is 2.78 bits per heavy atom. The fourth-order valence-corrected chi connectivity index (χ4v) is 3.47. The largest absolute Gasteiger partial charge is 0.465 e. The minimum atomic E-state index is -0.368. The molecule has 0 atom stereocenters. The molecule has 18 heavy (non-hydrogen) atoms. The predicted molar refractivity (Wildman–Crippen MR) is 68.4 cm³/mol. The normalized spacial score (nSPS) is 29.5. The van der Waals surface area contributed by atoms with E-state index in [0.29, 0.717) is 6.61 Å². The topological polar surface area (TPSA) is 30.7 Å². The molecule has 0 spiro atoms. The van der Waals surface area contributed by atoms with E-state index in [4.69, 9.17) is 4.74 Å². The summed E-state index contributed by atoms with van der Waals surface area (Å²) >= 11 is 0. The highest BCUT2D eigenvalue weighted by Crippen LogP contribution is 2.37. The quantitative estimate of drug-likeness (QED) is 0.778. The number of quaternary nitrogens is 1. The molecule has 0 saturated carbocycles. The molecule has 4 rings (SSSR count). The van der Waals surface area contributed by atoms with E-state index in [1.165, 1.54) is 11.1 Å². The standard InChI is InChI=1S/C15H19NO2/c1-2-18-14(17)15-7-9-16(10-8-15)11-12-5-3-4-6-13(12)15/h3-6H,2,7-11H2,1H3/p+1. The number of fused-ring (bicyclic) bond motifs is 2. The van der Waals surface area contributed by atoms with Gasteiger partial charge in [-0.25, -0.2) is 0 Å². The van der Waals surface area contributed by atoms with Crippen LogP contribution >= 0.6 is 0 Å². The first kappa shape index (κ1) is 11.7. The maximum Gasteiger partial charge on any atom is 0.317 e. The Bertz CT molecular complexity index is 461. The SMILES string of the molecule is CCOC(=O)C12CC[NH+](CC1)Cc1ccccc12. The molecule has 3 heteroatoms.